The maximum atomic E-state index is 11.1. The molecule has 0 fully saturated rings. The molecule has 0 aromatic heterocycles. The predicted molar refractivity (Wildman–Crippen MR) is 51.0 cm³/mol. The number of carbonyl (C=O) groups excluding carboxylic acids is 1. The van der Waals surface area contributed by atoms with E-state index in [1.165, 1.54) is 0 Å². The Morgan fingerprint density at radius 3 is 2.00 bits per heavy atom. The first-order chi connectivity index (χ1) is 6.34. The van der Waals surface area contributed by atoms with Gasteiger partial charge in [-0.2, -0.15) is 0 Å². The number of carboxylic acids is 1. The molecule has 14 heavy (non-hydrogen) atoms. The van der Waals surface area contributed by atoms with Crippen LogP contribution >= 0.6 is 0 Å². The third-order valence-electron chi connectivity index (χ3n) is 1.55. The number of hydrogen-bond acceptors (Lipinski definition) is 3. The van der Waals surface area contributed by atoms with E-state index < -0.39 is 18.1 Å². The molecule has 2 N–H and O–H groups in total. The molecule has 5 nitrogen and oxygen atoms in total. The van der Waals surface area contributed by atoms with Gasteiger partial charge in [0.1, 0.15) is 6.04 Å². The standard InChI is InChI=1S/C9H17NO4/c1-5(2)7(8(11)12)10-9(13)14-6(3)4/h5-7H,1-4H3,(H,10,13)(H,11,12)/t7-/m1/s1. The number of nitrogens with one attached hydrogen (secondary N) is 1. The first-order valence-corrected chi connectivity index (χ1v) is 4.54. The monoisotopic (exact) mass is 203 g/mol. The lowest BCUT2D eigenvalue weighted by Crippen LogP contribution is -2.45. The summed E-state index contributed by atoms with van der Waals surface area (Å²) >= 11 is 0. The Kier molecular flexibility index (Phi) is 4.97. The Labute approximate surface area is 83.4 Å². The minimum absolute atomic E-state index is 0.174. The Balaban J connectivity index is 4.17. The van der Waals surface area contributed by atoms with Gasteiger partial charge in [-0.3, -0.25) is 0 Å². The van der Waals surface area contributed by atoms with Crippen LogP contribution in [0.2, 0.25) is 0 Å². The molecule has 0 radical (unpaired) electrons. The Morgan fingerprint density at radius 1 is 1.21 bits per heavy atom. The van der Waals surface area contributed by atoms with E-state index >= 15 is 0 Å². The van der Waals surface area contributed by atoms with E-state index in [-0.39, 0.29) is 12.0 Å². The van der Waals surface area contributed by atoms with E-state index in [2.05, 4.69) is 5.32 Å². The van der Waals surface area contributed by atoms with Gasteiger partial charge in [-0.05, 0) is 19.8 Å². The number of carboxylic acid groups (broad SMARTS) is 1. The molecule has 0 saturated heterocycles. The second kappa shape index (κ2) is 5.47. The fourth-order valence-corrected chi connectivity index (χ4v) is 0.889. The number of ether oxygens (including phenoxy) is 1. The van der Waals surface area contributed by atoms with Gasteiger partial charge in [0.15, 0.2) is 0 Å². The molecular weight excluding hydrogens is 186 g/mol. The van der Waals surface area contributed by atoms with Crippen LogP contribution in [0.25, 0.3) is 0 Å². The van der Waals surface area contributed by atoms with Crippen LogP contribution in [0.1, 0.15) is 27.7 Å². The molecule has 0 spiro atoms. The van der Waals surface area contributed by atoms with Crippen molar-refractivity contribution in [1.29, 1.82) is 0 Å². The third-order valence-corrected chi connectivity index (χ3v) is 1.55. The molecule has 0 aromatic rings. The maximum Gasteiger partial charge on any atom is 0.408 e. The summed E-state index contributed by atoms with van der Waals surface area (Å²) in [5.41, 5.74) is 0. The fourth-order valence-electron chi connectivity index (χ4n) is 0.889. The molecule has 5 heteroatoms. The van der Waals surface area contributed by atoms with Crippen molar-refractivity contribution in [2.45, 2.75) is 39.8 Å². The highest BCUT2D eigenvalue weighted by Crippen LogP contribution is 2.02. The summed E-state index contributed by atoms with van der Waals surface area (Å²) in [7, 11) is 0. The summed E-state index contributed by atoms with van der Waals surface area (Å²) in [6.07, 6.45) is -0.947. The SMILES string of the molecule is CC(C)OC(=O)N[C@@H](C(=O)O)C(C)C. The molecule has 1 amide bonds. The topological polar surface area (TPSA) is 75.6 Å². The molecule has 0 aromatic carbocycles. The molecule has 0 aliphatic rings. The second-order valence-corrected chi connectivity index (χ2v) is 3.66. The van der Waals surface area contributed by atoms with E-state index in [9.17, 15) is 9.59 Å². The summed E-state index contributed by atoms with van der Waals surface area (Å²) in [5.74, 6) is -1.23. The van der Waals surface area contributed by atoms with Gasteiger partial charge in [-0.15, -0.1) is 0 Å². The highest BCUT2D eigenvalue weighted by molar-refractivity contribution is 5.80. The van der Waals surface area contributed by atoms with Gasteiger partial charge in [-0.1, -0.05) is 13.8 Å². The Morgan fingerprint density at radius 2 is 1.71 bits per heavy atom. The van der Waals surface area contributed by atoms with Crippen molar-refractivity contribution in [3.8, 4) is 0 Å². The van der Waals surface area contributed by atoms with E-state index in [0.717, 1.165) is 0 Å². The van der Waals surface area contributed by atoms with Crippen molar-refractivity contribution < 1.29 is 19.4 Å². The predicted octanol–water partition coefficient (Wildman–Crippen LogP) is 1.23. The van der Waals surface area contributed by atoms with Crippen molar-refractivity contribution in [2.24, 2.45) is 5.92 Å². The summed E-state index contributed by atoms with van der Waals surface area (Å²) in [5, 5.41) is 11.0. The number of carbonyl (C=O) groups is 2. The lowest BCUT2D eigenvalue weighted by atomic mass is 10.1. The van der Waals surface area contributed by atoms with Gasteiger partial charge >= 0.3 is 12.1 Å². The molecule has 0 bridgehead atoms. The summed E-state index contributed by atoms with van der Waals surface area (Å²) in [4.78, 5) is 21.8. The van der Waals surface area contributed by atoms with Crippen LogP contribution in [0, 0.1) is 5.92 Å². The van der Waals surface area contributed by atoms with Crippen molar-refractivity contribution in [1.82, 2.24) is 5.32 Å². The molecule has 0 saturated carbocycles. The quantitative estimate of drug-likeness (QED) is 0.720. The number of alkyl carbamates (subject to hydrolysis) is 1. The largest absolute Gasteiger partial charge is 0.480 e. The van der Waals surface area contributed by atoms with Crippen LogP contribution < -0.4 is 5.32 Å². The number of hydrogen-bond donors (Lipinski definition) is 2. The first-order valence-electron chi connectivity index (χ1n) is 4.54. The molecule has 0 unspecified atom stereocenters. The van der Waals surface area contributed by atoms with Gasteiger partial charge < -0.3 is 15.2 Å². The molecule has 82 valence electrons. The van der Waals surface area contributed by atoms with Gasteiger partial charge in [0.05, 0.1) is 6.10 Å². The minimum Gasteiger partial charge on any atom is -0.480 e. The molecule has 0 rings (SSSR count). The maximum absolute atomic E-state index is 11.1. The molecule has 0 aliphatic carbocycles. The molecular formula is C9H17NO4. The van der Waals surface area contributed by atoms with Crippen molar-refractivity contribution >= 4 is 12.1 Å². The van der Waals surface area contributed by atoms with Gasteiger partial charge in [0.25, 0.3) is 0 Å². The van der Waals surface area contributed by atoms with Crippen LogP contribution in [-0.4, -0.2) is 29.3 Å². The smallest absolute Gasteiger partial charge is 0.408 e. The van der Waals surface area contributed by atoms with Crippen LogP contribution in [0.15, 0.2) is 0 Å². The lowest BCUT2D eigenvalue weighted by Gasteiger charge is -2.18. The van der Waals surface area contributed by atoms with Gasteiger partial charge in [-0.25, -0.2) is 9.59 Å². The summed E-state index contributed by atoms with van der Waals surface area (Å²) in [6, 6.07) is -0.902. The Bertz CT molecular complexity index is 213. The van der Waals surface area contributed by atoms with Crippen LogP contribution in [0.5, 0.6) is 0 Å². The van der Waals surface area contributed by atoms with Crippen molar-refractivity contribution in [3.63, 3.8) is 0 Å². The zero-order valence-corrected chi connectivity index (χ0v) is 8.90. The van der Waals surface area contributed by atoms with Gasteiger partial charge in [0.2, 0.25) is 0 Å². The zero-order valence-electron chi connectivity index (χ0n) is 8.90. The summed E-state index contributed by atoms with van der Waals surface area (Å²) in [6.45, 7) is 6.83. The van der Waals surface area contributed by atoms with Crippen LogP contribution in [0.4, 0.5) is 4.79 Å². The molecule has 0 heterocycles. The van der Waals surface area contributed by atoms with Gasteiger partial charge in [0, 0.05) is 0 Å². The average Bonchev–Trinajstić information content (AvgIpc) is 1.97. The normalized spacial score (nSPS) is 12.7. The zero-order chi connectivity index (χ0) is 11.3. The highest BCUT2D eigenvalue weighted by Gasteiger charge is 2.24. The van der Waals surface area contributed by atoms with Crippen LogP contribution in [-0.2, 0) is 9.53 Å². The van der Waals surface area contributed by atoms with E-state index in [0.29, 0.717) is 0 Å². The third kappa shape index (κ3) is 4.69. The van der Waals surface area contributed by atoms with E-state index in [4.69, 9.17) is 9.84 Å². The second-order valence-electron chi connectivity index (χ2n) is 3.66. The number of amides is 1. The summed E-state index contributed by atoms with van der Waals surface area (Å²) < 4.78 is 4.77. The van der Waals surface area contributed by atoms with Crippen molar-refractivity contribution in [2.75, 3.05) is 0 Å². The van der Waals surface area contributed by atoms with Crippen LogP contribution in [0.3, 0.4) is 0 Å². The van der Waals surface area contributed by atoms with Crippen molar-refractivity contribution in [3.05, 3.63) is 0 Å². The minimum atomic E-state index is -1.05. The first kappa shape index (κ1) is 12.7. The van der Waals surface area contributed by atoms with E-state index in [1.807, 2.05) is 0 Å². The Hall–Kier alpha value is -1.26. The lowest BCUT2D eigenvalue weighted by molar-refractivity contribution is -0.140. The molecule has 1 atom stereocenters. The average molecular weight is 203 g/mol. The number of rotatable bonds is 4. The fraction of sp³-hybridized carbons (Fsp3) is 0.778. The number of aliphatic carboxylic acids is 1. The highest BCUT2D eigenvalue weighted by atomic mass is 16.6. The molecule has 0 aliphatic heterocycles. The van der Waals surface area contributed by atoms with E-state index in [1.54, 1.807) is 27.7 Å².